The molecule has 2 amide bonds. The van der Waals surface area contributed by atoms with Gasteiger partial charge in [-0.15, -0.1) is 0 Å². The predicted molar refractivity (Wildman–Crippen MR) is 71.8 cm³/mol. The highest BCUT2D eigenvalue weighted by Crippen LogP contribution is 2.32. The normalized spacial score (nSPS) is 24.1. The van der Waals surface area contributed by atoms with Gasteiger partial charge in [0.25, 0.3) is 0 Å². The first kappa shape index (κ1) is 14.8. The smallest absolute Gasteiger partial charge is 0.326 e. The van der Waals surface area contributed by atoms with E-state index in [1.165, 1.54) is 0 Å². The van der Waals surface area contributed by atoms with E-state index in [-0.39, 0.29) is 24.2 Å². The van der Waals surface area contributed by atoms with Crippen molar-refractivity contribution in [3.8, 4) is 0 Å². The second kappa shape index (κ2) is 5.81. The standard InChI is InChI=1S/C14H22N2O4/c1-8(2)12(14(19)20)15-13(18)10-5-11(17)16(7-10)6-9-3-4-9/h8-10,12H,3-7H2,1-2H3,(H,15,18)(H,19,20)/t10?,12-/m0/s1. The number of hydrogen-bond donors (Lipinski definition) is 2. The number of likely N-dealkylation sites (tertiary alicyclic amines) is 1. The molecule has 0 aromatic rings. The Morgan fingerprint density at radius 3 is 2.55 bits per heavy atom. The molecule has 0 bridgehead atoms. The molecule has 1 aliphatic heterocycles. The van der Waals surface area contributed by atoms with E-state index in [0.717, 1.165) is 19.4 Å². The van der Waals surface area contributed by atoms with Crippen molar-refractivity contribution in [1.82, 2.24) is 10.2 Å². The molecule has 2 rings (SSSR count). The highest BCUT2D eigenvalue weighted by molar-refractivity contribution is 5.91. The summed E-state index contributed by atoms with van der Waals surface area (Å²) in [4.78, 5) is 36.8. The minimum Gasteiger partial charge on any atom is -0.480 e. The third kappa shape index (κ3) is 3.49. The lowest BCUT2D eigenvalue weighted by molar-refractivity contribution is -0.143. The van der Waals surface area contributed by atoms with Gasteiger partial charge in [0, 0.05) is 19.5 Å². The number of aliphatic carboxylic acids is 1. The van der Waals surface area contributed by atoms with E-state index in [2.05, 4.69) is 5.32 Å². The van der Waals surface area contributed by atoms with Crippen LogP contribution in [0.25, 0.3) is 0 Å². The van der Waals surface area contributed by atoms with Gasteiger partial charge >= 0.3 is 5.97 Å². The molecule has 2 atom stereocenters. The Bertz CT molecular complexity index is 417. The van der Waals surface area contributed by atoms with Crippen molar-refractivity contribution in [2.75, 3.05) is 13.1 Å². The number of hydrogen-bond acceptors (Lipinski definition) is 3. The molecule has 112 valence electrons. The van der Waals surface area contributed by atoms with Gasteiger partial charge in [-0.3, -0.25) is 9.59 Å². The molecule has 0 aromatic carbocycles. The van der Waals surface area contributed by atoms with Crippen molar-refractivity contribution in [2.45, 2.75) is 39.2 Å². The van der Waals surface area contributed by atoms with E-state index in [1.54, 1.807) is 18.7 Å². The van der Waals surface area contributed by atoms with E-state index in [4.69, 9.17) is 5.11 Å². The predicted octanol–water partition coefficient (Wildman–Crippen LogP) is 0.470. The summed E-state index contributed by atoms with van der Waals surface area (Å²) in [5, 5.41) is 11.6. The quantitative estimate of drug-likeness (QED) is 0.741. The molecule has 2 aliphatic rings. The Labute approximate surface area is 118 Å². The Morgan fingerprint density at radius 1 is 1.40 bits per heavy atom. The van der Waals surface area contributed by atoms with Crippen LogP contribution in [0.3, 0.4) is 0 Å². The number of carboxylic acid groups (broad SMARTS) is 1. The molecular formula is C14H22N2O4. The van der Waals surface area contributed by atoms with Crippen molar-refractivity contribution in [3.63, 3.8) is 0 Å². The van der Waals surface area contributed by atoms with Gasteiger partial charge in [0.1, 0.15) is 6.04 Å². The zero-order chi connectivity index (χ0) is 14.9. The Kier molecular flexibility index (Phi) is 4.30. The molecular weight excluding hydrogens is 260 g/mol. The average molecular weight is 282 g/mol. The van der Waals surface area contributed by atoms with Gasteiger partial charge in [-0.2, -0.15) is 0 Å². The Morgan fingerprint density at radius 2 is 2.05 bits per heavy atom. The van der Waals surface area contributed by atoms with Crippen LogP contribution in [-0.2, 0) is 14.4 Å². The number of rotatable bonds is 6. The lowest BCUT2D eigenvalue weighted by atomic mass is 10.0. The molecule has 6 heteroatoms. The van der Waals surface area contributed by atoms with Crippen molar-refractivity contribution in [3.05, 3.63) is 0 Å². The Hall–Kier alpha value is -1.59. The van der Waals surface area contributed by atoms with Crippen LogP contribution in [0.5, 0.6) is 0 Å². The van der Waals surface area contributed by atoms with Crippen LogP contribution < -0.4 is 5.32 Å². The number of carbonyl (C=O) groups is 3. The Balaban J connectivity index is 1.89. The fourth-order valence-electron chi connectivity index (χ4n) is 2.52. The third-order valence-corrected chi connectivity index (χ3v) is 3.99. The van der Waals surface area contributed by atoms with Crippen LogP contribution in [0.4, 0.5) is 0 Å². The van der Waals surface area contributed by atoms with Crippen molar-refractivity contribution in [1.29, 1.82) is 0 Å². The van der Waals surface area contributed by atoms with E-state index in [0.29, 0.717) is 12.5 Å². The van der Waals surface area contributed by atoms with Crippen LogP contribution in [0.1, 0.15) is 33.1 Å². The highest BCUT2D eigenvalue weighted by Gasteiger charge is 2.38. The van der Waals surface area contributed by atoms with E-state index in [1.807, 2.05) is 0 Å². The topological polar surface area (TPSA) is 86.7 Å². The first-order chi connectivity index (χ1) is 9.38. The first-order valence-corrected chi connectivity index (χ1v) is 7.19. The van der Waals surface area contributed by atoms with Gasteiger partial charge in [-0.25, -0.2) is 4.79 Å². The molecule has 1 saturated carbocycles. The second-order valence-electron chi connectivity index (χ2n) is 6.21. The second-order valence-corrected chi connectivity index (χ2v) is 6.21. The zero-order valence-electron chi connectivity index (χ0n) is 12.0. The molecule has 6 nitrogen and oxygen atoms in total. The molecule has 0 aromatic heterocycles. The summed E-state index contributed by atoms with van der Waals surface area (Å²) in [7, 11) is 0. The molecule has 0 spiro atoms. The van der Waals surface area contributed by atoms with Crippen LogP contribution in [0.15, 0.2) is 0 Å². The summed E-state index contributed by atoms with van der Waals surface area (Å²) in [6.45, 7) is 4.66. The molecule has 1 heterocycles. The lowest BCUT2D eigenvalue weighted by Crippen LogP contribution is -2.47. The maximum Gasteiger partial charge on any atom is 0.326 e. The summed E-state index contributed by atoms with van der Waals surface area (Å²) in [5.74, 6) is -1.35. The number of carbonyl (C=O) groups excluding carboxylic acids is 2. The van der Waals surface area contributed by atoms with Crippen LogP contribution in [-0.4, -0.2) is 46.9 Å². The van der Waals surface area contributed by atoms with Crippen LogP contribution in [0, 0.1) is 17.8 Å². The van der Waals surface area contributed by atoms with Gasteiger partial charge in [0.05, 0.1) is 5.92 Å². The van der Waals surface area contributed by atoms with Crippen molar-refractivity contribution < 1.29 is 19.5 Å². The summed E-state index contributed by atoms with van der Waals surface area (Å²) in [6, 6.07) is -0.893. The molecule has 2 fully saturated rings. The monoisotopic (exact) mass is 282 g/mol. The van der Waals surface area contributed by atoms with E-state index >= 15 is 0 Å². The summed E-state index contributed by atoms with van der Waals surface area (Å²) in [5.41, 5.74) is 0. The number of carboxylic acids is 1. The first-order valence-electron chi connectivity index (χ1n) is 7.19. The van der Waals surface area contributed by atoms with E-state index < -0.39 is 17.9 Å². The molecule has 0 radical (unpaired) electrons. The molecule has 1 saturated heterocycles. The van der Waals surface area contributed by atoms with Crippen LogP contribution in [0.2, 0.25) is 0 Å². The summed E-state index contributed by atoms with van der Waals surface area (Å²) in [6.07, 6.45) is 2.52. The lowest BCUT2D eigenvalue weighted by Gasteiger charge is -2.20. The average Bonchev–Trinajstić information content (AvgIpc) is 3.09. The van der Waals surface area contributed by atoms with Crippen LogP contribution >= 0.6 is 0 Å². The largest absolute Gasteiger partial charge is 0.480 e. The number of nitrogens with one attached hydrogen (secondary N) is 1. The minimum absolute atomic E-state index is 0.00784. The highest BCUT2D eigenvalue weighted by atomic mass is 16.4. The minimum atomic E-state index is -1.03. The van der Waals surface area contributed by atoms with Gasteiger partial charge < -0.3 is 15.3 Å². The SMILES string of the molecule is CC(C)[C@H](NC(=O)C1CC(=O)N(CC2CC2)C1)C(=O)O. The number of amides is 2. The molecule has 1 aliphatic carbocycles. The maximum atomic E-state index is 12.1. The van der Waals surface area contributed by atoms with Gasteiger partial charge in [0.15, 0.2) is 0 Å². The summed E-state index contributed by atoms with van der Waals surface area (Å²) >= 11 is 0. The third-order valence-electron chi connectivity index (χ3n) is 3.99. The van der Waals surface area contributed by atoms with Gasteiger partial charge in [-0.05, 0) is 24.7 Å². The van der Waals surface area contributed by atoms with E-state index in [9.17, 15) is 14.4 Å². The van der Waals surface area contributed by atoms with Gasteiger partial charge in [-0.1, -0.05) is 13.8 Å². The van der Waals surface area contributed by atoms with Crippen molar-refractivity contribution in [2.24, 2.45) is 17.8 Å². The maximum absolute atomic E-state index is 12.1. The van der Waals surface area contributed by atoms with Crippen molar-refractivity contribution >= 4 is 17.8 Å². The molecule has 1 unspecified atom stereocenters. The molecule has 2 N–H and O–H groups in total. The number of nitrogens with zero attached hydrogens (tertiary/aromatic N) is 1. The fraction of sp³-hybridized carbons (Fsp3) is 0.786. The fourth-order valence-corrected chi connectivity index (χ4v) is 2.52. The molecule has 20 heavy (non-hydrogen) atoms. The zero-order valence-corrected chi connectivity index (χ0v) is 12.0. The summed E-state index contributed by atoms with van der Waals surface area (Å²) < 4.78 is 0. The van der Waals surface area contributed by atoms with Gasteiger partial charge in [0.2, 0.25) is 11.8 Å².